The van der Waals surface area contributed by atoms with Crippen LogP contribution in [0.3, 0.4) is 0 Å². The van der Waals surface area contributed by atoms with Crippen molar-refractivity contribution in [2.75, 3.05) is 13.7 Å². The molecule has 3 aromatic rings. The molecule has 1 atom stereocenters. The highest BCUT2D eigenvalue weighted by molar-refractivity contribution is 5.97. The van der Waals surface area contributed by atoms with E-state index in [0.717, 1.165) is 23.0 Å². The summed E-state index contributed by atoms with van der Waals surface area (Å²) >= 11 is 0. The highest BCUT2D eigenvalue weighted by Crippen LogP contribution is 2.26. The van der Waals surface area contributed by atoms with Crippen LogP contribution in [-0.4, -0.2) is 29.7 Å². The number of aromatic carboxylic acids is 1. The molecular weight excluding hydrogens is 316 g/mol. The fourth-order valence-corrected chi connectivity index (χ4v) is 3.04. The van der Waals surface area contributed by atoms with Gasteiger partial charge in [-0.3, -0.25) is 0 Å². The molecule has 3 N–H and O–H groups in total. The normalized spacial score (nSPS) is 12.2. The van der Waals surface area contributed by atoms with E-state index >= 15 is 0 Å². The maximum atomic E-state index is 11.6. The van der Waals surface area contributed by atoms with Crippen molar-refractivity contribution >= 4 is 16.9 Å². The van der Waals surface area contributed by atoms with E-state index < -0.39 is 5.97 Å². The van der Waals surface area contributed by atoms with Gasteiger partial charge in [0.15, 0.2) is 0 Å². The summed E-state index contributed by atoms with van der Waals surface area (Å²) in [6.45, 7) is 3.41. The van der Waals surface area contributed by atoms with E-state index in [1.54, 1.807) is 7.11 Å². The van der Waals surface area contributed by atoms with Crippen molar-refractivity contribution in [2.24, 2.45) is 0 Å². The predicted octanol–water partition coefficient (Wildman–Crippen LogP) is 3.77. The SMILES string of the molecule is COc1ccc2c(CNCC(C)c3ccccc3)c(C(=O)O)[nH]c2c1. The molecule has 0 aliphatic carbocycles. The fraction of sp³-hybridized carbons (Fsp3) is 0.250. The number of hydrogen-bond donors (Lipinski definition) is 3. The van der Waals surface area contributed by atoms with Crippen LogP contribution in [0.1, 0.15) is 34.5 Å². The minimum absolute atomic E-state index is 0.225. The van der Waals surface area contributed by atoms with Crippen LogP contribution in [0, 0.1) is 0 Å². The molecule has 5 heteroatoms. The third-order valence-corrected chi connectivity index (χ3v) is 4.45. The summed E-state index contributed by atoms with van der Waals surface area (Å²) in [7, 11) is 1.59. The Bertz CT molecular complexity index is 871. The maximum Gasteiger partial charge on any atom is 0.352 e. The van der Waals surface area contributed by atoms with Gasteiger partial charge in [-0.05, 0) is 23.6 Å². The number of aromatic nitrogens is 1. The van der Waals surface area contributed by atoms with E-state index in [1.165, 1.54) is 5.56 Å². The number of aromatic amines is 1. The minimum atomic E-state index is -0.955. The molecule has 1 aromatic heterocycles. The monoisotopic (exact) mass is 338 g/mol. The molecule has 0 saturated carbocycles. The Kier molecular flexibility index (Phi) is 5.05. The summed E-state index contributed by atoms with van der Waals surface area (Å²) in [6, 6.07) is 15.8. The van der Waals surface area contributed by atoms with Crippen molar-refractivity contribution < 1.29 is 14.6 Å². The van der Waals surface area contributed by atoms with Gasteiger partial charge in [0.25, 0.3) is 0 Å². The lowest BCUT2D eigenvalue weighted by Crippen LogP contribution is -2.20. The second-order valence-corrected chi connectivity index (χ2v) is 6.14. The summed E-state index contributed by atoms with van der Waals surface area (Å²) in [4.78, 5) is 14.6. The molecule has 2 aromatic carbocycles. The van der Waals surface area contributed by atoms with Crippen LogP contribution in [0.2, 0.25) is 0 Å². The zero-order chi connectivity index (χ0) is 17.8. The zero-order valence-electron chi connectivity index (χ0n) is 14.4. The van der Waals surface area contributed by atoms with Gasteiger partial charge in [-0.25, -0.2) is 4.79 Å². The molecule has 0 bridgehead atoms. The average molecular weight is 338 g/mol. The average Bonchev–Trinajstić information content (AvgIpc) is 3.00. The molecule has 0 fully saturated rings. The van der Waals surface area contributed by atoms with Crippen LogP contribution in [0.4, 0.5) is 0 Å². The molecule has 0 aliphatic rings. The van der Waals surface area contributed by atoms with E-state index in [1.807, 2.05) is 36.4 Å². The van der Waals surface area contributed by atoms with Crippen LogP contribution in [-0.2, 0) is 6.54 Å². The molecule has 3 rings (SSSR count). The first-order valence-electron chi connectivity index (χ1n) is 8.27. The van der Waals surface area contributed by atoms with Crippen molar-refractivity contribution in [2.45, 2.75) is 19.4 Å². The Balaban J connectivity index is 1.78. The number of nitrogens with one attached hydrogen (secondary N) is 2. The topological polar surface area (TPSA) is 74.3 Å². The quantitative estimate of drug-likeness (QED) is 0.613. The van der Waals surface area contributed by atoms with Gasteiger partial charge < -0.3 is 20.1 Å². The van der Waals surface area contributed by atoms with Gasteiger partial charge in [-0.15, -0.1) is 0 Å². The number of ether oxygens (including phenoxy) is 1. The number of H-pyrrole nitrogens is 1. The summed E-state index contributed by atoms with van der Waals surface area (Å²) in [6.07, 6.45) is 0. The van der Waals surface area contributed by atoms with E-state index in [4.69, 9.17) is 4.74 Å². The molecule has 25 heavy (non-hydrogen) atoms. The van der Waals surface area contributed by atoms with Crippen molar-refractivity contribution in [1.82, 2.24) is 10.3 Å². The highest BCUT2D eigenvalue weighted by Gasteiger charge is 2.17. The van der Waals surface area contributed by atoms with E-state index in [9.17, 15) is 9.90 Å². The Morgan fingerprint density at radius 1 is 1.24 bits per heavy atom. The van der Waals surface area contributed by atoms with Crippen molar-refractivity contribution in [3.05, 3.63) is 65.4 Å². The lowest BCUT2D eigenvalue weighted by molar-refractivity contribution is 0.0690. The van der Waals surface area contributed by atoms with Crippen LogP contribution in [0.15, 0.2) is 48.5 Å². The first-order valence-corrected chi connectivity index (χ1v) is 8.27. The fourth-order valence-electron chi connectivity index (χ4n) is 3.04. The maximum absolute atomic E-state index is 11.6. The predicted molar refractivity (Wildman–Crippen MR) is 98.4 cm³/mol. The molecule has 0 amide bonds. The molecule has 5 nitrogen and oxygen atoms in total. The number of rotatable bonds is 7. The van der Waals surface area contributed by atoms with Crippen molar-refractivity contribution in [1.29, 1.82) is 0 Å². The van der Waals surface area contributed by atoms with E-state index in [-0.39, 0.29) is 5.69 Å². The lowest BCUT2D eigenvalue weighted by Gasteiger charge is -2.13. The van der Waals surface area contributed by atoms with E-state index in [0.29, 0.717) is 18.2 Å². The lowest BCUT2D eigenvalue weighted by atomic mass is 10.0. The van der Waals surface area contributed by atoms with Gasteiger partial charge in [0, 0.05) is 30.1 Å². The van der Waals surface area contributed by atoms with Crippen molar-refractivity contribution in [3.8, 4) is 5.75 Å². The Hall–Kier alpha value is -2.79. The molecule has 130 valence electrons. The number of carbonyl (C=O) groups is 1. The number of carboxylic acids is 1. The molecule has 0 spiro atoms. The first kappa shape index (κ1) is 17.0. The number of methoxy groups -OCH3 is 1. The Morgan fingerprint density at radius 3 is 2.68 bits per heavy atom. The van der Waals surface area contributed by atoms with Crippen molar-refractivity contribution in [3.63, 3.8) is 0 Å². The molecule has 0 saturated heterocycles. The number of fused-ring (bicyclic) bond motifs is 1. The first-order chi connectivity index (χ1) is 12.1. The largest absolute Gasteiger partial charge is 0.497 e. The molecule has 1 unspecified atom stereocenters. The van der Waals surface area contributed by atoms with Crippen LogP contribution in [0.5, 0.6) is 5.75 Å². The molecule has 0 aliphatic heterocycles. The second kappa shape index (κ2) is 7.40. The number of benzene rings is 2. The van der Waals surface area contributed by atoms with Gasteiger partial charge in [0.1, 0.15) is 11.4 Å². The van der Waals surface area contributed by atoms with Gasteiger partial charge in [-0.1, -0.05) is 37.3 Å². The van der Waals surface area contributed by atoms with Crippen LogP contribution >= 0.6 is 0 Å². The Morgan fingerprint density at radius 2 is 2.00 bits per heavy atom. The number of carboxylic acid groups (broad SMARTS) is 1. The third kappa shape index (κ3) is 3.67. The van der Waals surface area contributed by atoms with Gasteiger partial charge in [-0.2, -0.15) is 0 Å². The van der Waals surface area contributed by atoms with Gasteiger partial charge in [0.2, 0.25) is 0 Å². The summed E-state index contributed by atoms with van der Waals surface area (Å²) in [5.74, 6) is 0.0887. The third-order valence-electron chi connectivity index (χ3n) is 4.45. The summed E-state index contributed by atoms with van der Waals surface area (Å²) < 4.78 is 5.21. The van der Waals surface area contributed by atoms with Crippen LogP contribution < -0.4 is 10.1 Å². The highest BCUT2D eigenvalue weighted by atomic mass is 16.5. The smallest absolute Gasteiger partial charge is 0.352 e. The van der Waals surface area contributed by atoms with Gasteiger partial charge in [0.05, 0.1) is 12.6 Å². The summed E-state index contributed by atoms with van der Waals surface area (Å²) in [5, 5.41) is 13.8. The second-order valence-electron chi connectivity index (χ2n) is 6.14. The number of hydrogen-bond acceptors (Lipinski definition) is 3. The standard InChI is InChI=1S/C20H22N2O3/c1-13(14-6-4-3-5-7-14)11-21-12-17-16-9-8-15(25-2)10-18(16)22-19(17)20(23)24/h3-10,13,21-22H,11-12H2,1-2H3,(H,23,24). The minimum Gasteiger partial charge on any atom is -0.497 e. The Labute approximate surface area is 146 Å². The van der Waals surface area contributed by atoms with Gasteiger partial charge >= 0.3 is 5.97 Å². The van der Waals surface area contributed by atoms with E-state index in [2.05, 4.69) is 29.4 Å². The molecule has 1 heterocycles. The molecular formula is C20H22N2O3. The molecule has 0 radical (unpaired) electrons. The van der Waals surface area contributed by atoms with Crippen LogP contribution in [0.25, 0.3) is 10.9 Å². The zero-order valence-corrected chi connectivity index (χ0v) is 14.4. The summed E-state index contributed by atoms with van der Waals surface area (Å²) in [5.41, 5.74) is 3.02.